The molecule has 0 spiro atoms. The zero-order chi connectivity index (χ0) is 13.5. The van der Waals surface area contributed by atoms with E-state index in [0.717, 1.165) is 50.6 Å². The lowest BCUT2D eigenvalue weighted by Crippen LogP contribution is -2.28. The number of nitrogens with one attached hydrogen (secondary N) is 1. The fourth-order valence-electron chi connectivity index (χ4n) is 2.75. The van der Waals surface area contributed by atoms with Crippen LogP contribution >= 0.6 is 0 Å². The molecule has 19 heavy (non-hydrogen) atoms. The smallest absolute Gasteiger partial charge is 0.126 e. The minimum absolute atomic E-state index is 0.0668. The van der Waals surface area contributed by atoms with E-state index in [1.165, 1.54) is 12.8 Å². The van der Waals surface area contributed by atoms with Crippen LogP contribution in [0.5, 0.6) is 0 Å². The average Bonchev–Trinajstić information content (AvgIpc) is 2.86. The Morgan fingerprint density at radius 3 is 3.00 bits per heavy atom. The van der Waals surface area contributed by atoms with Crippen molar-refractivity contribution in [2.75, 3.05) is 32.7 Å². The van der Waals surface area contributed by atoms with Crippen LogP contribution in [0.25, 0.3) is 0 Å². The first-order chi connectivity index (χ1) is 9.29. The summed E-state index contributed by atoms with van der Waals surface area (Å²) < 4.78 is 13.5. The highest BCUT2D eigenvalue weighted by atomic mass is 19.1. The minimum atomic E-state index is -0.0668. The third-order valence-corrected chi connectivity index (χ3v) is 3.88. The van der Waals surface area contributed by atoms with Crippen LogP contribution < -0.4 is 5.32 Å². The SMILES string of the molecule is CCCNCC1CCN(CCc2ccccc2F)C1. The summed E-state index contributed by atoms with van der Waals surface area (Å²) >= 11 is 0. The summed E-state index contributed by atoms with van der Waals surface area (Å²) in [7, 11) is 0. The van der Waals surface area contributed by atoms with Gasteiger partial charge in [0.15, 0.2) is 0 Å². The molecule has 0 aromatic heterocycles. The lowest BCUT2D eigenvalue weighted by Gasteiger charge is -2.16. The summed E-state index contributed by atoms with van der Waals surface area (Å²) in [5, 5.41) is 3.49. The maximum atomic E-state index is 13.5. The topological polar surface area (TPSA) is 15.3 Å². The Labute approximate surface area is 116 Å². The third kappa shape index (κ3) is 4.59. The van der Waals surface area contributed by atoms with E-state index in [-0.39, 0.29) is 5.82 Å². The summed E-state index contributed by atoms with van der Waals surface area (Å²) in [4.78, 5) is 2.46. The van der Waals surface area contributed by atoms with Gasteiger partial charge in [0, 0.05) is 13.1 Å². The second kappa shape index (κ2) is 7.61. The van der Waals surface area contributed by atoms with E-state index in [1.54, 1.807) is 12.1 Å². The summed E-state index contributed by atoms with van der Waals surface area (Å²) in [6.07, 6.45) is 3.29. The van der Waals surface area contributed by atoms with E-state index < -0.39 is 0 Å². The zero-order valence-electron chi connectivity index (χ0n) is 11.9. The van der Waals surface area contributed by atoms with Crippen molar-refractivity contribution < 1.29 is 4.39 Å². The second-order valence-corrected chi connectivity index (χ2v) is 5.50. The molecular weight excluding hydrogens is 239 g/mol. The Balaban J connectivity index is 1.69. The van der Waals surface area contributed by atoms with Crippen molar-refractivity contribution >= 4 is 0 Å². The predicted molar refractivity (Wildman–Crippen MR) is 77.8 cm³/mol. The molecule has 1 atom stereocenters. The standard InChI is InChI=1S/C16H25FN2/c1-2-9-18-12-14-7-10-19(13-14)11-8-15-5-3-4-6-16(15)17/h3-6,14,18H,2,7-13H2,1H3. The molecule has 1 aromatic rings. The molecule has 0 saturated carbocycles. The van der Waals surface area contributed by atoms with Crippen LogP contribution in [0.15, 0.2) is 24.3 Å². The van der Waals surface area contributed by atoms with Crippen molar-refractivity contribution in [1.82, 2.24) is 10.2 Å². The van der Waals surface area contributed by atoms with E-state index in [0.29, 0.717) is 0 Å². The lowest BCUT2D eigenvalue weighted by atomic mass is 10.1. The van der Waals surface area contributed by atoms with Gasteiger partial charge in [0.2, 0.25) is 0 Å². The largest absolute Gasteiger partial charge is 0.316 e. The number of benzene rings is 1. The van der Waals surface area contributed by atoms with Crippen molar-refractivity contribution in [2.24, 2.45) is 5.92 Å². The van der Waals surface area contributed by atoms with Gasteiger partial charge in [0.25, 0.3) is 0 Å². The number of likely N-dealkylation sites (tertiary alicyclic amines) is 1. The number of nitrogens with zero attached hydrogens (tertiary/aromatic N) is 1. The molecule has 0 bridgehead atoms. The molecule has 106 valence electrons. The molecule has 1 N–H and O–H groups in total. The van der Waals surface area contributed by atoms with Crippen molar-refractivity contribution in [3.63, 3.8) is 0 Å². The van der Waals surface area contributed by atoms with E-state index >= 15 is 0 Å². The van der Waals surface area contributed by atoms with Crippen LogP contribution in [0.4, 0.5) is 4.39 Å². The number of hydrogen-bond donors (Lipinski definition) is 1. The number of rotatable bonds is 7. The summed E-state index contributed by atoms with van der Waals surface area (Å²) in [5.41, 5.74) is 0.843. The van der Waals surface area contributed by atoms with Crippen LogP contribution in [-0.4, -0.2) is 37.6 Å². The Morgan fingerprint density at radius 2 is 2.21 bits per heavy atom. The Kier molecular flexibility index (Phi) is 5.80. The molecule has 2 nitrogen and oxygen atoms in total. The average molecular weight is 264 g/mol. The molecule has 1 aromatic carbocycles. The Morgan fingerprint density at radius 1 is 1.37 bits per heavy atom. The maximum Gasteiger partial charge on any atom is 0.126 e. The summed E-state index contributed by atoms with van der Waals surface area (Å²) in [5.74, 6) is 0.704. The molecule has 1 saturated heterocycles. The van der Waals surface area contributed by atoms with Gasteiger partial charge in [0.05, 0.1) is 0 Å². The van der Waals surface area contributed by atoms with Crippen molar-refractivity contribution in [3.05, 3.63) is 35.6 Å². The van der Waals surface area contributed by atoms with E-state index in [2.05, 4.69) is 17.1 Å². The zero-order valence-corrected chi connectivity index (χ0v) is 11.9. The molecular formula is C16H25FN2. The van der Waals surface area contributed by atoms with Crippen LogP contribution in [0.3, 0.4) is 0 Å². The van der Waals surface area contributed by atoms with Crippen LogP contribution in [0.1, 0.15) is 25.3 Å². The molecule has 1 heterocycles. The first kappa shape index (κ1) is 14.5. The van der Waals surface area contributed by atoms with Gasteiger partial charge in [-0.3, -0.25) is 0 Å². The van der Waals surface area contributed by atoms with Crippen LogP contribution in [0, 0.1) is 11.7 Å². The molecule has 1 unspecified atom stereocenters. The Bertz CT molecular complexity index is 381. The molecule has 0 radical (unpaired) electrons. The van der Waals surface area contributed by atoms with Crippen LogP contribution in [-0.2, 0) is 6.42 Å². The fraction of sp³-hybridized carbons (Fsp3) is 0.625. The van der Waals surface area contributed by atoms with Gasteiger partial charge in [-0.05, 0) is 56.4 Å². The predicted octanol–water partition coefficient (Wildman–Crippen LogP) is 2.69. The second-order valence-electron chi connectivity index (χ2n) is 5.50. The van der Waals surface area contributed by atoms with Crippen LogP contribution in [0.2, 0.25) is 0 Å². The Hall–Kier alpha value is -0.930. The third-order valence-electron chi connectivity index (χ3n) is 3.88. The highest BCUT2D eigenvalue weighted by molar-refractivity contribution is 5.17. The van der Waals surface area contributed by atoms with Crippen molar-refractivity contribution in [2.45, 2.75) is 26.2 Å². The molecule has 3 heteroatoms. The molecule has 2 rings (SSSR count). The highest BCUT2D eigenvalue weighted by Gasteiger charge is 2.21. The van der Waals surface area contributed by atoms with E-state index in [1.807, 2.05) is 12.1 Å². The number of hydrogen-bond acceptors (Lipinski definition) is 2. The van der Waals surface area contributed by atoms with Gasteiger partial charge in [-0.1, -0.05) is 25.1 Å². The van der Waals surface area contributed by atoms with E-state index in [4.69, 9.17) is 0 Å². The quantitative estimate of drug-likeness (QED) is 0.762. The van der Waals surface area contributed by atoms with Gasteiger partial charge >= 0.3 is 0 Å². The molecule has 0 aliphatic carbocycles. The molecule has 1 aliphatic rings. The number of halogens is 1. The minimum Gasteiger partial charge on any atom is -0.316 e. The molecule has 1 aliphatic heterocycles. The summed E-state index contributed by atoms with van der Waals surface area (Å²) in [6.45, 7) is 7.74. The van der Waals surface area contributed by atoms with Gasteiger partial charge in [-0.2, -0.15) is 0 Å². The van der Waals surface area contributed by atoms with E-state index in [9.17, 15) is 4.39 Å². The van der Waals surface area contributed by atoms with Gasteiger partial charge in [-0.15, -0.1) is 0 Å². The molecule has 0 amide bonds. The first-order valence-electron chi connectivity index (χ1n) is 7.46. The fourth-order valence-corrected chi connectivity index (χ4v) is 2.75. The molecule has 1 fully saturated rings. The maximum absolute atomic E-state index is 13.5. The van der Waals surface area contributed by atoms with Crippen molar-refractivity contribution in [1.29, 1.82) is 0 Å². The normalized spacial score (nSPS) is 20.0. The summed E-state index contributed by atoms with van der Waals surface area (Å²) in [6, 6.07) is 7.12. The highest BCUT2D eigenvalue weighted by Crippen LogP contribution is 2.16. The lowest BCUT2D eigenvalue weighted by molar-refractivity contribution is 0.324. The van der Waals surface area contributed by atoms with Gasteiger partial charge in [0.1, 0.15) is 5.82 Å². The monoisotopic (exact) mass is 264 g/mol. The van der Waals surface area contributed by atoms with Crippen molar-refractivity contribution in [3.8, 4) is 0 Å². The van der Waals surface area contributed by atoms with Gasteiger partial charge < -0.3 is 10.2 Å². The first-order valence-corrected chi connectivity index (χ1v) is 7.46. The van der Waals surface area contributed by atoms with Gasteiger partial charge in [-0.25, -0.2) is 4.39 Å².